The van der Waals surface area contributed by atoms with E-state index in [1.54, 1.807) is 0 Å². The van der Waals surface area contributed by atoms with Crippen molar-refractivity contribution < 1.29 is 0 Å². The van der Waals surface area contributed by atoms with Gasteiger partial charge < -0.3 is 9.97 Å². The Kier molecular flexibility index (Phi) is 4.42. The molecule has 0 saturated carbocycles. The van der Waals surface area contributed by atoms with Crippen LogP contribution in [0.5, 0.6) is 0 Å². The number of aromatic amines is 2. The first-order valence-corrected chi connectivity index (χ1v) is 8.96. The molecule has 0 aromatic carbocycles. The van der Waals surface area contributed by atoms with E-state index in [0.29, 0.717) is 10.8 Å². The SMILES string of the molecule is Cc1cc2c(=O)[nH]cnc2s1.Cc1sc2nc[nH]c(=O)c2c1Br. The molecule has 23 heavy (non-hydrogen) atoms. The van der Waals surface area contributed by atoms with Gasteiger partial charge in [0, 0.05) is 14.2 Å². The molecular weight excluding hydrogens is 400 g/mol. The molecule has 0 atom stereocenters. The maximum atomic E-state index is 11.3. The molecule has 0 aliphatic carbocycles. The summed E-state index contributed by atoms with van der Waals surface area (Å²) in [6.07, 6.45) is 2.85. The van der Waals surface area contributed by atoms with Crippen LogP contribution in [-0.4, -0.2) is 19.9 Å². The van der Waals surface area contributed by atoms with E-state index in [4.69, 9.17) is 0 Å². The number of aromatic nitrogens is 4. The topological polar surface area (TPSA) is 91.5 Å². The zero-order valence-electron chi connectivity index (χ0n) is 12.1. The molecule has 0 saturated heterocycles. The van der Waals surface area contributed by atoms with Gasteiger partial charge in [0.05, 0.1) is 23.4 Å². The van der Waals surface area contributed by atoms with Gasteiger partial charge in [-0.2, -0.15) is 0 Å². The third-order valence-electron chi connectivity index (χ3n) is 3.05. The number of rotatable bonds is 0. The summed E-state index contributed by atoms with van der Waals surface area (Å²) in [7, 11) is 0. The lowest BCUT2D eigenvalue weighted by atomic mass is 10.4. The second-order valence-corrected chi connectivity index (χ2v) is 7.92. The van der Waals surface area contributed by atoms with E-state index in [1.807, 2.05) is 19.9 Å². The van der Waals surface area contributed by atoms with Gasteiger partial charge in [-0.05, 0) is 35.8 Å². The summed E-state index contributed by atoms with van der Waals surface area (Å²) >= 11 is 6.40. The lowest BCUT2D eigenvalue weighted by molar-refractivity contribution is 1.18. The summed E-state index contributed by atoms with van der Waals surface area (Å²) in [5.41, 5.74) is -0.143. The van der Waals surface area contributed by atoms with Crippen LogP contribution >= 0.6 is 38.6 Å². The van der Waals surface area contributed by atoms with Crippen LogP contribution in [-0.2, 0) is 0 Å². The Hall–Kier alpha value is -1.84. The largest absolute Gasteiger partial charge is 0.313 e. The Morgan fingerprint density at radius 2 is 1.65 bits per heavy atom. The van der Waals surface area contributed by atoms with E-state index in [0.717, 1.165) is 23.9 Å². The molecule has 118 valence electrons. The maximum absolute atomic E-state index is 11.3. The number of halogens is 1. The van der Waals surface area contributed by atoms with Crippen molar-refractivity contribution in [3.05, 3.63) is 53.7 Å². The molecule has 0 unspecified atom stereocenters. The molecule has 4 aromatic rings. The van der Waals surface area contributed by atoms with Crippen molar-refractivity contribution in [3.63, 3.8) is 0 Å². The van der Waals surface area contributed by atoms with E-state index >= 15 is 0 Å². The minimum Gasteiger partial charge on any atom is -0.313 e. The Bertz CT molecular complexity index is 1110. The van der Waals surface area contributed by atoms with Crippen molar-refractivity contribution in [2.24, 2.45) is 0 Å². The van der Waals surface area contributed by atoms with Crippen molar-refractivity contribution in [2.75, 3.05) is 0 Å². The van der Waals surface area contributed by atoms with Gasteiger partial charge >= 0.3 is 0 Å². The van der Waals surface area contributed by atoms with Crippen LogP contribution in [0.4, 0.5) is 0 Å². The second-order valence-electron chi connectivity index (χ2n) is 4.69. The Morgan fingerprint density at radius 3 is 2.30 bits per heavy atom. The van der Waals surface area contributed by atoms with E-state index in [-0.39, 0.29) is 11.1 Å². The normalized spacial score (nSPS) is 10.7. The van der Waals surface area contributed by atoms with Crippen LogP contribution in [0.15, 0.2) is 32.8 Å². The quantitative estimate of drug-likeness (QED) is 0.464. The molecule has 9 heteroatoms. The van der Waals surface area contributed by atoms with E-state index in [9.17, 15) is 9.59 Å². The molecule has 2 N–H and O–H groups in total. The molecule has 6 nitrogen and oxygen atoms in total. The van der Waals surface area contributed by atoms with Gasteiger partial charge in [-0.15, -0.1) is 22.7 Å². The first-order chi connectivity index (χ1) is 11.0. The number of thiophene rings is 2. The van der Waals surface area contributed by atoms with Crippen molar-refractivity contribution in [3.8, 4) is 0 Å². The number of nitrogens with one attached hydrogen (secondary N) is 2. The summed E-state index contributed by atoms with van der Waals surface area (Å²) in [4.78, 5) is 39.3. The standard InChI is InChI=1S/C7H5BrN2OS.C7H6N2OS/c1-3-5(8)4-6(11)9-2-10-7(4)12-3;1-4-2-5-6(10)8-3-9-7(5)11-4/h2H,1H3,(H,9,10,11);2-3H,1H3,(H,8,9,10). The summed E-state index contributed by atoms with van der Waals surface area (Å²) < 4.78 is 0.858. The minimum atomic E-state index is -0.0868. The Labute approximate surface area is 146 Å². The average Bonchev–Trinajstić information content (AvgIpc) is 3.02. The van der Waals surface area contributed by atoms with E-state index in [1.165, 1.54) is 35.3 Å². The Morgan fingerprint density at radius 1 is 1.00 bits per heavy atom. The molecule has 0 fully saturated rings. The number of fused-ring (bicyclic) bond motifs is 2. The van der Waals surface area contributed by atoms with Gasteiger partial charge in [-0.25, -0.2) is 9.97 Å². The van der Waals surface area contributed by atoms with Crippen molar-refractivity contribution in [2.45, 2.75) is 13.8 Å². The third kappa shape index (κ3) is 3.12. The predicted molar refractivity (Wildman–Crippen MR) is 97.7 cm³/mol. The van der Waals surface area contributed by atoms with Crippen LogP contribution in [0.1, 0.15) is 9.75 Å². The number of nitrogens with zero attached hydrogens (tertiary/aromatic N) is 2. The maximum Gasteiger partial charge on any atom is 0.260 e. The summed E-state index contributed by atoms with van der Waals surface area (Å²) in [5.74, 6) is 0. The monoisotopic (exact) mass is 410 g/mol. The summed E-state index contributed by atoms with van der Waals surface area (Å²) in [6.45, 7) is 3.92. The fraction of sp³-hybridized carbons (Fsp3) is 0.143. The number of aryl methyl sites for hydroxylation is 2. The van der Waals surface area contributed by atoms with E-state index in [2.05, 4.69) is 35.9 Å². The van der Waals surface area contributed by atoms with Gasteiger partial charge in [-0.3, -0.25) is 9.59 Å². The van der Waals surface area contributed by atoms with Crippen LogP contribution in [0.3, 0.4) is 0 Å². The third-order valence-corrected chi connectivity index (χ3v) is 6.28. The molecule has 0 amide bonds. The zero-order chi connectivity index (χ0) is 16.6. The molecule has 0 bridgehead atoms. The first-order valence-electron chi connectivity index (χ1n) is 6.53. The highest BCUT2D eigenvalue weighted by Gasteiger charge is 2.09. The van der Waals surface area contributed by atoms with Crippen molar-refractivity contribution in [1.29, 1.82) is 0 Å². The van der Waals surface area contributed by atoms with Gasteiger partial charge in [0.1, 0.15) is 9.66 Å². The van der Waals surface area contributed by atoms with Crippen LogP contribution < -0.4 is 11.1 Å². The lowest BCUT2D eigenvalue weighted by Gasteiger charge is -1.86. The van der Waals surface area contributed by atoms with Crippen LogP contribution in [0.25, 0.3) is 20.4 Å². The molecule has 0 spiro atoms. The molecule has 0 aliphatic heterocycles. The summed E-state index contributed by atoms with van der Waals surface area (Å²) in [6, 6.07) is 1.85. The zero-order valence-corrected chi connectivity index (χ0v) is 15.4. The highest BCUT2D eigenvalue weighted by atomic mass is 79.9. The van der Waals surface area contributed by atoms with E-state index < -0.39 is 0 Å². The van der Waals surface area contributed by atoms with Gasteiger partial charge in [0.15, 0.2) is 0 Å². The molecular formula is C14H11BrN4O2S2. The van der Waals surface area contributed by atoms with Gasteiger partial charge in [0.2, 0.25) is 0 Å². The lowest BCUT2D eigenvalue weighted by Crippen LogP contribution is -2.04. The highest BCUT2D eigenvalue weighted by Crippen LogP contribution is 2.30. The summed E-state index contributed by atoms with van der Waals surface area (Å²) in [5, 5.41) is 1.34. The number of hydrogen-bond donors (Lipinski definition) is 2. The fourth-order valence-electron chi connectivity index (χ4n) is 2.01. The average molecular weight is 411 g/mol. The van der Waals surface area contributed by atoms with Crippen LogP contribution in [0.2, 0.25) is 0 Å². The smallest absolute Gasteiger partial charge is 0.260 e. The molecule has 4 rings (SSSR count). The minimum absolute atomic E-state index is 0.0562. The van der Waals surface area contributed by atoms with Crippen molar-refractivity contribution in [1.82, 2.24) is 19.9 Å². The molecule has 0 radical (unpaired) electrons. The first kappa shape index (κ1) is 16.0. The highest BCUT2D eigenvalue weighted by molar-refractivity contribution is 9.10. The Balaban J connectivity index is 0.000000136. The second kappa shape index (κ2) is 6.34. The number of hydrogen-bond acceptors (Lipinski definition) is 6. The van der Waals surface area contributed by atoms with Gasteiger partial charge in [-0.1, -0.05) is 0 Å². The van der Waals surface area contributed by atoms with Crippen molar-refractivity contribution >= 4 is 59.0 Å². The fourth-order valence-corrected chi connectivity index (χ4v) is 4.48. The van der Waals surface area contributed by atoms with Gasteiger partial charge in [0.25, 0.3) is 11.1 Å². The molecule has 4 aromatic heterocycles. The van der Waals surface area contributed by atoms with Crippen LogP contribution in [0, 0.1) is 13.8 Å². The number of H-pyrrole nitrogens is 2. The molecule has 0 aliphatic rings. The molecule has 4 heterocycles. The predicted octanol–water partition coefficient (Wildman–Crippen LogP) is 3.35.